The molecule has 0 aliphatic heterocycles. The average Bonchev–Trinajstić information content (AvgIpc) is 2.49. The molecule has 1 aromatic heterocycles. The first-order chi connectivity index (χ1) is 9.66. The number of hydrogen-bond donors (Lipinski definition) is 2. The van der Waals surface area contributed by atoms with Gasteiger partial charge in [0.05, 0.1) is 11.8 Å². The standard InChI is InChI=1S/C17H22N2O/c1-13(16-10-6-7-11-18-16)19-14(2)17(20)12-15-8-4-3-5-9-15/h3-11,13-14,17,19-20H,12H2,1-2H3. The van der Waals surface area contributed by atoms with Crippen LogP contribution in [0.2, 0.25) is 0 Å². The Hall–Kier alpha value is -1.71. The topological polar surface area (TPSA) is 45.1 Å². The second kappa shape index (κ2) is 7.17. The molecule has 1 aromatic carbocycles. The molecule has 0 radical (unpaired) electrons. The summed E-state index contributed by atoms with van der Waals surface area (Å²) in [5.74, 6) is 0. The van der Waals surface area contributed by atoms with E-state index in [9.17, 15) is 5.11 Å². The van der Waals surface area contributed by atoms with E-state index in [0.717, 1.165) is 11.3 Å². The highest BCUT2D eigenvalue weighted by atomic mass is 16.3. The quantitative estimate of drug-likeness (QED) is 0.848. The molecule has 2 aromatic rings. The number of benzene rings is 1. The Bertz CT molecular complexity index is 501. The van der Waals surface area contributed by atoms with Crippen LogP contribution in [0.1, 0.15) is 31.1 Å². The fraction of sp³-hybridized carbons (Fsp3) is 0.353. The lowest BCUT2D eigenvalue weighted by Crippen LogP contribution is -2.40. The monoisotopic (exact) mass is 270 g/mol. The fourth-order valence-corrected chi connectivity index (χ4v) is 2.26. The highest BCUT2D eigenvalue weighted by Gasteiger charge is 2.17. The number of rotatable bonds is 6. The van der Waals surface area contributed by atoms with Gasteiger partial charge in [0.25, 0.3) is 0 Å². The first-order valence-corrected chi connectivity index (χ1v) is 7.06. The first-order valence-electron chi connectivity index (χ1n) is 7.06. The summed E-state index contributed by atoms with van der Waals surface area (Å²) in [7, 11) is 0. The number of hydrogen-bond acceptors (Lipinski definition) is 3. The third kappa shape index (κ3) is 4.15. The summed E-state index contributed by atoms with van der Waals surface area (Å²) in [6.45, 7) is 4.07. The molecule has 20 heavy (non-hydrogen) atoms. The van der Waals surface area contributed by atoms with Gasteiger partial charge in [0.1, 0.15) is 0 Å². The van der Waals surface area contributed by atoms with E-state index in [1.165, 1.54) is 0 Å². The van der Waals surface area contributed by atoms with Crippen molar-refractivity contribution in [2.75, 3.05) is 0 Å². The van der Waals surface area contributed by atoms with Gasteiger partial charge >= 0.3 is 0 Å². The highest BCUT2D eigenvalue weighted by Crippen LogP contribution is 2.12. The van der Waals surface area contributed by atoms with E-state index in [4.69, 9.17) is 0 Å². The van der Waals surface area contributed by atoms with Crippen LogP contribution in [0.3, 0.4) is 0 Å². The normalized spacial score (nSPS) is 15.6. The van der Waals surface area contributed by atoms with Crippen LogP contribution in [0.4, 0.5) is 0 Å². The third-order valence-electron chi connectivity index (χ3n) is 3.51. The molecule has 1 heterocycles. The van der Waals surface area contributed by atoms with Gasteiger partial charge in [-0.1, -0.05) is 36.4 Å². The Morgan fingerprint density at radius 1 is 1.05 bits per heavy atom. The van der Waals surface area contributed by atoms with E-state index in [1.54, 1.807) is 6.20 Å². The second-order valence-corrected chi connectivity index (χ2v) is 5.19. The van der Waals surface area contributed by atoms with Crippen LogP contribution in [0.15, 0.2) is 54.7 Å². The van der Waals surface area contributed by atoms with Crippen LogP contribution >= 0.6 is 0 Å². The zero-order valence-corrected chi connectivity index (χ0v) is 12.0. The average molecular weight is 270 g/mol. The summed E-state index contributed by atoms with van der Waals surface area (Å²) in [6, 6.07) is 16.1. The maximum atomic E-state index is 10.3. The van der Waals surface area contributed by atoms with Gasteiger partial charge in [0.15, 0.2) is 0 Å². The summed E-state index contributed by atoms with van der Waals surface area (Å²) < 4.78 is 0. The zero-order chi connectivity index (χ0) is 14.4. The van der Waals surface area contributed by atoms with Gasteiger partial charge in [0.2, 0.25) is 0 Å². The molecule has 0 spiro atoms. The smallest absolute Gasteiger partial charge is 0.0730 e. The van der Waals surface area contributed by atoms with E-state index < -0.39 is 6.10 Å². The minimum atomic E-state index is -0.413. The van der Waals surface area contributed by atoms with Crippen molar-refractivity contribution < 1.29 is 5.11 Å². The molecule has 106 valence electrons. The molecule has 0 aliphatic carbocycles. The van der Waals surface area contributed by atoms with Gasteiger partial charge in [-0.05, 0) is 38.0 Å². The molecule has 0 fully saturated rings. The van der Waals surface area contributed by atoms with Crippen LogP contribution in [-0.2, 0) is 6.42 Å². The number of aliphatic hydroxyl groups excluding tert-OH is 1. The number of aromatic nitrogens is 1. The molecular formula is C17H22N2O. The Labute approximate surface area is 120 Å². The van der Waals surface area contributed by atoms with E-state index in [1.807, 2.05) is 55.5 Å². The van der Waals surface area contributed by atoms with Gasteiger partial charge in [0, 0.05) is 18.3 Å². The minimum absolute atomic E-state index is 0.00668. The summed E-state index contributed by atoms with van der Waals surface area (Å²) in [5, 5.41) is 13.7. The summed E-state index contributed by atoms with van der Waals surface area (Å²) >= 11 is 0. The maximum absolute atomic E-state index is 10.3. The molecule has 3 atom stereocenters. The first kappa shape index (κ1) is 14.7. The van der Waals surface area contributed by atoms with Crippen molar-refractivity contribution in [3.63, 3.8) is 0 Å². The lowest BCUT2D eigenvalue weighted by atomic mass is 10.0. The van der Waals surface area contributed by atoms with Crippen LogP contribution in [-0.4, -0.2) is 22.2 Å². The molecule has 3 heteroatoms. The Morgan fingerprint density at radius 3 is 2.40 bits per heavy atom. The van der Waals surface area contributed by atoms with Gasteiger partial charge in [-0.25, -0.2) is 0 Å². The number of aliphatic hydroxyl groups is 1. The van der Waals surface area contributed by atoms with Crippen LogP contribution in [0.5, 0.6) is 0 Å². The molecule has 0 saturated heterocycles. The van der Waals surface area contributed by atoms with Crippen LogP contribution in [0, 0.1) is 0 Å². The lowest BCUT2D eigenvalue weighted by molar-refractivity contribution is 0.129. The van der Waals surface area contributed by atoms with E-state index in [-0.39, 0.29) is 12.1 Å². The molecule has 2 rings (SSSR count). The van der Waals surface area contributed by atoms with Crippen molar-refractivity contribution in [2.45, 2.75) is 38.5 Å². The molecule has 2 N–H and O–H groups in total. The van der Waals surface area contributed by atoms with Gasteiger partial charge in [-0.3, -0.25) is 4.98 Å². The Kier molecular flexibility index (Phi) is 5.27. The molecular weight excluding hydrogens is 248 g/mol. The van der Waals surface area contributed by atoms with Crippen molar-refractivity contribution in [3.8, 4) is 0 Å². The van der Waals surface area contributed by atoms with Crippen molar-refractivity contribution in [2.24, 2.45) is 0 Å². The van der Waals surface area contributed by atoms with Gasteiger partial charge in [-0.2, -0.15) is 0 Å². The number of pyridine rings is 1. The fourth-order valence-electron chi connectivity index (χ4n) is 2.26. The third-order valence-corrected chi connectivity index (χ3v) is 3.51. The Balaban J connectivity index is 1.89. The molecule has 0 saturated carbocycles. The van der Waals surface area contributed by atoms with Crippen molar-refractivity contribution in [1.82, 2.24) is 10.3 Å². The summed E-state index contributed by atoms with van der Waals surface area (Å²) in [5.41, 5.74) is 2.14. The molecule has 0 aliphatic rings. The molecule has 0 bridgehead atoms. The van der Waals surface area contributed by atoms with Crippen molar-refractivity contribution in [3.05, 3.63) is 66.0 Å². The SMILES string of the molecule is CC(NC(C)C(O)Cc1ccccc1)c1ccccn1. The molecule has 3 unspecified atom stereocenters. The zero-order valence-electron chi connectivity index (χ0n) is 12.0. The van der Waals surface area contributed by atoms with Crippen molar-refractivity contribution in [1.29, 1.82) is 0 Å². The molecule has 3 nitrogen and oxygen atoms in total. The lowest BCUT2D eigenvalue weighted by Gasteiger charge is -2.24. The summed E-state index contributed by atoms with van der Waals surface area (Å²) in [4.78, 5) is 4.33. The maximum Gasteiger partial charge on any atom is 0.0730 e. The van der Waals surface area contributed by atoms with E-state index in [0.29, 0.717) is 6.42 Å². The largest absolute Gasteiger partial charge is 0.391 e. The van der Waals surface area contributed by atoms with Gasteiger partial charge < -0.3 is 10.4 Å². The molecule has 0 amide bonds. The predicted octanol–water partition coefficient (Wildman–Crippen LogP) is 2.72. The van der Waals surface area contributed by atoms with Crippen molar-refractivity contribution >= 4 is 0 Å². The second-order valence-electron chi connectivity index (χ2n) is 5.19. The minimum Gasteiger partial charge on any atom is -0.391 e. The number of nitrogens with zero attached hydrogens (tertiary/aromatic N) is 1. The summed E-state index contributed by atoms with van der Waals surface area (Å²) in [6.07, 6.45) is 2.03. The van der Waals surface area contributed by atoms with E-state index in [2.05, 4.69) is 17.2 Å². The van der Waals surface area contributed by atoms with Gasteiger partial charge in [-0.15, -0.1) is 0 Å². The predicted molar refractivity (Wildman–Crippen MR) is 81.4 cm³/mol. The van der Waals surface area contributed by atoms with Crippen LogP contribution in [0.25, 0.3) is 0 Å². The number of nitrogens with one attached hydrogen (secondary N) is 1. The van der Waals surface area contributed by atoms with E-state index >= 15 is 0 Å². The highest BCUT2D eigenvalue weighted by molar-refractivity contribution is 5.16. The Morgan fingerprint density at radius 2 is 1.75 bits per heavy atom. The van der Waals surface area contributed by atoms with Crippen LogP contribution < -0.4 is 5.32 Å².